The van der Waals surface area contributed by atoms with Crippen LogP contribution in [0.5, 0.6) is 5.75 Å². The largest absolute Gasteiger partial charge is 0.495 e. The molecule has 0 radical (unpaired) electrons. The molecule has 0 aliphatic rings. The fourth-order valence-electron chi connectivity index (χ4n) is 2.84. The van der Waals surface area contributed by atoms with E-state index in [4.69, 9.17) is 4.74 Å². The predicted molar refractivity (Wildman–Crippen MR) is 85.8 cm³/mol. The first kappa shape index (κ1) is 14.9. The third-order valence-corrected chi connectivity index (χ3v) is 3.97. The number of benzene rings is 1. The van der Waals surface area contributed by atoms with Gasteiger partial charge in [0.1, 0.15) is 5.75 Å². The van der Waals surface area contributed by atoms with Crippen LogP contribution in [0.25, 0.3) is 10.9 Å². The van der Waals surface area contributed by atoms with Gasteiger partial charge in [-0.2, -0.15) is 0 Å². The molecule has 2 aromatic rings. The van der Waals surface area contributed by atoms with Crippen molar-refractivity contribution in [1.82, 2.24) is 9.88 Å². The van der Waals surface area contributed by atoms with Gasteiger partial charge in [-0.15, -0.1) is 0 Å². The normalized spacial score (nSPS) is 11.6. The second-order valence-corrected chi connectivity index (χ2v) is 5.85. The predicted octanol–water partition coefficient (Wildman–Crippen LogP) is 3.34. The summed E-state index contributed by atoms with van der Waals surface area (Å²) in [6, 6.07) is 4.91. The molecule has 1 N–H and O–H groups in total. The lowest BCUT2D eigenvalue weighted by atomic mass is 10.1. The zero-order valence-electron chi connectivity index (χ0n) is 13.5. The summed E-state index contributed by atoms with van der Waals surface area (Å²) in [6.45, 7) is 9.69. The fraction of sp³-hybridized carbons (Fsp3) is 0.529. The van der Waals surface area contributed by atoms with Crippen LogP contribution < -0.4 is 10.1 Å². The van der Waals surface area contributed by atoms with Crippen molar-refractivity contribution in [2.24, 2.45) is 7.05 Å². The molecule has 0 bridgehead atoms. The Morgan fingerprint density at radius 3 is 2.55 bits per heavy atom. The maximum absolute atomic E-state index is 5.56. The van der Waals surface area contributed by atoms with Crippen molar-refractivity contribution < 1.29 is 4.74 Å². The molecule has 110 valence electrons. The molecule has 0 spiro atoms. The van der Waals surface area contributed by atoms with E-state index >= 15 is 0 Å². The maximum Gasteiger partial charge on any atom is 0.143 e. The van der Waals surface area contributed by atoms with Gasteiger partial charge in [0, 0.05) is 24.2 Å². The van der Waals surface area contributed by atoms with E-state index in [9.17, 15) is 0 Å². The second-order valence-electron chi connectivity index (χ2n) is 5.85. The lowest BCUT2D eigenvalue weighted by Crippen LogP contribution is -2.25. The molecule has 0 saturated carbocycles. The molecular weight excluding hydrogens is 248 g/mol. The van der Waals surface area contributed by atoms with Gasteiger partial charge in [0.15, 0.2) is 0 Å². The van der Waals surface area contributed by atoms with Crippen molar-refractivity contribution >= 4 is 10.9 Å². The molecular formula is C17H26N2O. The Bertz CT molecular complexity index is 611. The van der Waals surface area contributed by atoms with Gasteiger partial charge < -0.3 is 14.6 Å². The second kappa shape index (κ2) is 5.88. The molecule has 0 aliphatic heterocycles. The summed E-state index contributed by atoms with van der Waals surface area (Å²) in [5, 5.41) is 4.82. The summed E-state index contributed by atoms with van der Waals surface area (Å²) in [4.78, 5) is 0. The van der Waals surface area contributed by atoms with Crippen LogP contribution in [0.4, 0.5) is 0 Å². The van der Waals surface area contributed by atoms with E-state index < -0.39 is 0 Å². The number of aryl methyl sites for hydroxylation is 2. The van der Waals surface area contributed by atoms with Crippen LogP contribution in [0.3, 0.4) is 0 Å². The molecule has 3 heteroatoms. The Labute approximate surface area is 121 Å². The van der Waals surface area contributed by atoms with E-state index in [0.717, 1.165) is 18.7 Å². The monoisotopic (exact) mass is 274 g/mol. The molecule has 3 nitrogen and oxygen atoms in total. The summed E-state index contributed by atoms with van der Waals surface area (Å²) in [6.07, 6.45) is 1.05. The van der Waals surface area contributed by atoms with E-state index in [-0.39, 0.29) is 0 Å². The molecule has 0 amide bonds. The van der Waals surface area contributed by atoms with Crippen LogP contribution in [0.2, 0.25) is 0 Å². The summed E-state index contributed by atoms with van der Waals surface area (Å²) in [5.74, 6) is 0.966. The quantitative estimate of drug-likeness (QED) is 0.905. The maximum atomic E-state index is 5.56. The zero-order chi connectivity index (χ0) is 14.9. The number of methoxy groups -OCH3 is 1. The summed E-state index contributed by atoms with van der Waals surface area (Å²) in [7, 11) is 3.87. The first-order valence-electron chi connectivity index (χ1n) is 7.31. The van der Waals surface area contributed by atoms with Crippen LogP contribution in [0, 0.1) is 13.8 Å². The molecule has 0 saturated heterocycles. The van der Waals surface area contributed by atoms with Crippen LogP contribution in [-0.2, 0) is 13.5 Å². The highest BCUT2D eigenvalue weighted by molar-refractivity contribution is 5.91. The highest BCUT2D eigenvalue weighted by Crippen LogP contribution is 2.33. The third kappa shape index (κ3) is 2.68. The Kier molecular flexibility index (Phi) is 4.39. The SMILES string of the molecule is COc1cc(C)cc2c(CCNC(C)C)c(C)n(C)c12. The number of nitrogens with one attached hydrogen (secondary N) is 1. The van der Waals surface area contributed by atoms with Gasteiger partial charge in [0.25, 0.3) is 0 Å². The van der Waals surface area contributed by atoms with Gasteiger partial charge in [-0.1, -0.05) is 13.8 Å². The lowest BCUT2D eigenvalue weighted by molar-refractivity contribution is 0.417. The van der Waals surface area contributed by atoms with Crippen molar-refractivity contribution in [2.45, 2.75) is 40.2 Å². The number of hydrogen-bond acceptors (Lipinski definition) is 2. The van der Waals surface area contributed by atoms with Crippen molar-refractivity contribution in [2.75, 3.05) is 13.7 Å². The summed E-state index contributed by atoms with van der Waals surface area (Å²) >= 11 is 0. The average molecular weight is 274 g/mol. The fourth-order valence-corrected chi connectivity index (χ4v) is 2.84. The highest BCUT2D eigenvalue weighted by Gasteiger charge is 2.15. The van der Waals surface area contributed by atoms with Gasteiger partial charge in [0.05, 0.1) is 12.6 Å². The van der Waals surface area contributed by atoms with Gasteiger partial charge in [-0.05, 0) is 50.1 Å². The van der Waals surface area contributed by atoms with Gasteiger partial charge in [-0.25, -0.2) is 0 Å². The Morgan fingerprint density at radius 1 is 1.25 bits per heavy atom. The van der Waals surface area contributed by atoms with E-state index in [1.54, 1.807) is 7.11 Å². The van der Waals surface area contributed by atoms with Crippen molar-refractivity contribution in [3.05, 3.63) is 29.0 Å². The first-order chi connectivity index (χ1) is 9.45. The van der Waals surface area contributed by atoms with Crippen LogP contribution in [0.1, 0.15) is 30.7 Å². The molecule has 20 heavy (non-hydrogen) atoms. The number of aromatic nitrogens is 1. The van der Waals surface area contributed by atoms with Crippen molar-refractivity contribution in [3.63, 3.8) is 0 Å². The van der Waals surface area contributed by atoms with Crippen molar-refractivity contribution in [3.8, 4) is 5.75 Å². The topological polar surface area (TPSA) is 26.2 Å². The van der Waals surface area contributed by atoms with Crippen LogP contribution in [0.15, 0.2) is 12.1 Å². The lowest BCUT2D eigenvalue weighted by Gasteiger charge is -2.08. The first-order valence-corrected chi connectivity index (χ1v) is 7.31. The van der Waals surface area contributed by atoms with Crippen LogP contribution in [-0.4, -0.2) is 24.3 Å². The Morgan fingerprint density at radius 2 is 1.95 bits per heavy atom. The standard InChI is InChI=1S/C17H26N2O/c1-11(2)18-8-7-14-13(4)19(5)17-15(14)9-12(3)10-16(17)20-6/h9-11,18H,7-8H2,1-6H3. The van der Waals surface area contributed by atoms with E-state index in [2.05, 4.69) is 56.8 Å². The summed E-state index contributed by atoms with van der Waals surface area (Å²) < 4.78 is 7.81. The minimum absolute atomic E-state index is 0.529. The number of nitrogens with zero attached hydrogens (tertiary/aromatic N) is 1. The molecule has 1 heterocycles. The summed E-state index contributed by atoms with van der Waals surface area (Å²) in [5.41, 5.74) is 5.21. The highest BCUT2D eigenvalue weighted by atomic mass is 16.5. The van der Waals surface area contributed by atoms with Crippen LogP contribution >= 0.6 is 0 Å². The van der Waals surface area contributed by atoms with E-state index in [0.29, 0.717) is 6.04 Å². The molecule has 2 rings (SSSR count). The minimum atomic E-state index is 0.529. The molecule has 0 aliphatic carbocycles. The molecule has 0 atom stereocenters. The van der Waals surface area contributed by atoms with Gasteiger partial charge in [0.2, 0.25) is 0 Å². The number of rotatable bonds is 5. The average Bonchev–Trinajstić information content (AvgIpc) is 2.62. The molecule has 1 aromatic heterocycles. The smallest absolute Gasteiger partial charge is 0.143 e. The number of ether oxygens (including phenoxy) is 1. The van der Waals surface area contributed by atoms with Gasteiger partial charge in [-0.3, -0.25) is 0 Å². The Balaban J connectivity index is 2.49. The zero-order valence-corrected chi connectivity index (χ0v) is 13.5. The Hall–Kier alpha value is -1.48. The number of hydrogen-bond donors (Lipinski definition) is 1. The molecule has 0 unspecified atom stereocenters. The van der Waals surface area contributed by atoms with Gasteiger partial charge >= 0.3 is 0 Å². The third-order valence-electron chi connectivity index (χ3n) is 3.97. The minimum Gasteiger partial charge on any atom is -0.495 e. The number of fused-ring (bicyclic) bond motifs is 1. The van der Waals surface area contributed by atoms with E-state index in [1.165, 1.54) is 27.7 Å². The molecule has 1 aromatic carbocycles. The molecule has 0 fully saturated rings. The van der Waals surface area contributed by atoms with Crippen molar-refractivity contribution in [1.29, 1.82) is 0 Å². The van der Waals surface area contributed by atoms with E-state index in [1.807, 2.05) is 0 Å².